The van der Waals surface area contributed by atoms with E-state index in [0.717, 1.165) is 36.6 Å². The van der Waals surface area contributed by atoms with Crippen molar-refractivity contribution < 1.29 is 4.79 Å². The summed E-state index contributed by atoms with van der Waals surface area (Å²) < 4.78 is 0. The summed E-state index contributed by atoms with van der Waals surface area (Å²) in [6.45, 7) is 5.08. The third kappa shape index (κ3) is 4.10. The Labute approximate surface area is 125 Å². The van der Waals surface area contributed by atoms with E-state index in [1.54, 1.807) is 0 Å². The summed E-state index contributed by atoms with van der Waals surface area (Å²) in [6.07, 6.45) is 0.942. The van der Waals surface area contributed by atoms with Crippen LogP contribution in [-0.4, -0.2) is 30.4 Å². The smallest absolute Gasteiger partial charge is 0.227 e. The Hall–Kier alpha value is -0.770. The third-order valence-electron chi connectivity index (χ3n) is 3.42. The minimum Gasteiger partial charge on any atom is -0.338 e. The van der Waals surface area contributed by atoms with E-state index >= 15 is 0 Å². The molecule has 5 heteroatoms. The van der Waals surface area contributed by atoms with Crippen LogP contribution in [0.15, 0.2) is 24.3 Å². The number of nitrogens with zero attached hydrogens (tertiary/aromatic N) is 1. The number of nitrogens with one attached hydrogen (secondary N) is 1. The first-order chi connectivity index (χ1) is 8.72. The van der Waals surface area contributed by atoms with Crippen molar-refractivity contribution in [1.82, 2.24) is 10.2 Å². The quantitative estimate of drug-likeness (QED) is 0.927. The molecule has 106 valence electrons. The molecular formula is C14H20Cl2N2O. The third-order valence-corrected chi connectivity index (χ3v) is 3.79. The van der Waals surface area contributed by atoms with Crippen molar-refractivity contribution in [3.8, 4) is 0 Å². The fourth-order valence-corrected chi connectivity index (χ4v) is 2.50. The molecule has 1 fully saturated rings. The van der Waals surface area contributed by atoms with E-state index in [1.807, 2.05) is 36.1 Å². The molecular weight excluding hydrogens is 283 g/mol. The van der Waals surface area contributed by atoms with Gasteiger partial charge in [0.05, 0.1) is 5.92 Å². The first kappa shape index (κ1) is 16.3. The Balaban J connectivity index is 0.00000180. The summed E-state index contributed by atoms with van der Waals surface area (Å²) in [7, 11) is 0. The average molecular weight is 303 g/mol. The van der Waals surface area contributed by atoms with Gasteiger partial charge in [-0.15, -0.1) is 12.4 Å². The van der Waals surface area contributed by atoms with Gasteiger partial charge in [-0.05, 0) is 31.5 Å². The van der Waals surface area contributed by atoms with Crippen molar-refractivity contribution in [1.29, 1.82) is 0 Å². The van der Waals surface area contributed by atoms with Crippen LogP contribution in [0.5, 0.6) is 0 Å². The minimum absolute atomic E-state index is 0. The van der Waals surface area contributed by atoms with Crippen molar-refractivity contribution in [2.45, 2.75) is 19.9 Å². The van der Waals surface area contributed by atoms with Crippen LogP contribution >= 0.6 is 24.0 Å². The molecule has 1 atom stereocenters. The van der Waals surface area contributed by atoms with Gasteiger partial charge in [-0.2, -0.15) is 0 Å². The number of hydrogen-bond acceptors (Lipinski definition) is 2. The lowest BCUT2D eigenvalue weighted by molar-refractivity contribution is -0.135. The number of hydrogen-bond donors (Lipinski definition) is 1. The van der Waals surface area contributed by atoms with Crippen LogP contribution in [0.3, 0.4) is 0 Å². The highest BCUT2D eigenvalue weighted by Crippen LogP contribution is 2.19. The number of halogens is 2. The van der Waals surface area contributed by atoms with Crippen LogP contribution in [-0.2, 0) is 11.3 Å². The lowest BCUT2D eigenvalue weighted by Crippen LogP contribution is -2.36. The van der Waals surface area contributed by atoms with E-state index < -0.39 is 0 Å². The first-order valence-corrected chi connectivity index (χ1v) is 6.83. The molecule has 3 nitrogen and oxygen atoms in total. The number of carbonyl (C=O) groups is 1. The molecule has 1 amide bonds. The van der Waals surface area contributed by atoms with E-state index in [1.165, 1.54) is 0 Å². The predicted octanol–water partition coefficient (Wildman–Crippen LogP) is 2.72. The Morgan fingerprint density at radius 1 is 1.47 bits per heavy atom. The van der Waals surface area contributed by atoms with Crippen LogP contribution in [0.4, 0.5) is 0 Å². The monoisotopic (exact) mass is 302 g/mol. The van der Waals surface area contributed by atoms with E-state index in [2.05, 4.69) is 5.32 Å². The zero-order valence-electron chi connectivity index (χ0n) is 11.1. The second kappa shape index (κ2) is 7.73. The Bertz CT molecular complexity index is 420. The molecule has 1 saturated heterocycles. The van der Waals surface area contributed by atoms with Gasteiger partial charge < -0.3 is 10.2 Å². The average Bonchev–Trinajstić information content (AvgIpc) is 2.91. The molecule has 1 unspecified atom stereocenters. The van der Waals surface area contributed by atoms with E-state index in [9.17, 15) is 4.79 Å². The highest BCUT2D eigenvalue weighted by atomic mass is 35.5. The van der Waals surface area contributed by atoms with Gasteiger partial charge in [0.15, 0.2) is 0 Å². The highest BCUT2D eigenvalue weighted by Gasteiger charge is 2.26. The van der Waals surface area contributed by atoms with Crippen molar-refractivity contribution in [3.63, 3.8) is 0 Å². The van der Waals surface area contributed by atoms with Gasteiger partial charge in [-0.1, -0.05) is 29.8 Å². The van der Waals surface area contributed by atoms with Crippen LogP contribution < -0.4 is 5.32 Å². The molecule has 0 saturated carbocycles. The second-order valence-electron chi connectivity index (χ2n) is 4.63. The Morgan fingerprint density at radius 3 is 2.79 bits per heavy atom. The largest absolute Gasteiger partial charge is 0.338 e. The summed E-state index contributed by atoms with van der Waals surface area (Å²) in [5.74, 6) is 0.370. The van der Waals surface area contributed by atoms with E-state index in [-0.39, 0.29) is 24.2 Å². The molecule has 19 heavy (non-hydrogen) atoms. The second-order valence-corrected chi connectivity index (χ2v) is 5.04. The molecule has 0 bridgehead atoms. The summed E-state index contributed by atoms with van der Waals surface area (Å²) in [4.78, 5) is 14.2. The van der Waals surface area contributed by atoms with Crippen molar-refractivity contribution in [2.75, 3.05) is 19.6 Å². The maximum Gasteiger partial charge on any atom is 0.227 e. The van der Waals surface area contributed by atoms with Crippen LogP contribution in [0.1, 0.15) is 18.9 Å². The molecule has 0 aliphatic carbocycles. The van der Waals surface area contributed by atoms with Crippen molar-refractivity contribution in [3.05, 3.63) is 34.9 Å². The molecule has 1 N–H and O–H groups in total. The van der Waals surface area contributed by atoms with Gasteiger partial charge in [-0.3, -0.25) is 4.79 Å². The summed E-state index contributed by atoms with van der Waals surface area (Å²) in [6, 6.07) is 7.71. The number of rotatable bonds is 4. The molecule has 0 aromatic heterocycles. The molecule has 0 radical (unpaired) electrons. The molecule has 1 aromatic rings. The number of carbonyl (C=O) groups excluding carboxylic acids is 1. The fourth-order valence-electron chi connectivity index (χ4n) is 2.30. The van der Waals surface area contributed by atoms with Crippen molar-refractivity contribution in [2.24, 2.45) is 5.92 Å². The van der Waals surface area contributed by atoms with Gasteiger partial charge >= 0.3 is 0 Å². The Morgan fingerprint density at radius 2 is 2.21 bits per heavy atom. The summed E-state index contributed by atoms with van der Waals surface area (Å²) in [5.41, 5.74) is 1.01. The molecule has 1 aromatic carbocycles. The van der Waals surface area contributed by atoms with Gasteiger partial charge in [0, 0.05) is 24.7 Å². The van der Waals surface area contributed by atoms with Crippen LogP contribution in [0.25, 0.3) is 0 Å². The summed E-state index contributed by atoms with van der Waals surface area (Å²) >= 11 is 6.14. The topological polar surface area (TPSA) is 32.3 Å². The van der Waals surface area contributed by atoms with Gasteiger partial charge in [0.25, 0.3) is 0 Å². The van der Waals surface area contributed by atoms with Gasteiger partial charge in [-0.25, -0.2) is 0 Å². The first-order valence-electron chi connectivity index (χ1n) is 6.45. The zero-order chi connectivity index (χ0) is 13.0. The van der Waals surface area contributed by atoms with Crippen molar-refractivity contribution >= 4 is 29.9 Å². The standard InChI is InChI=1S/C14H19ClN2O.ClH/c1-2-17(14(18)11-7-8-16-9-11)10-12-5-3-4-6-13(12)15;/h3-6,11,16H,2,7-10H2,1H3;1H. The van der Waals surface area contributed by atoms with Crippen LogP contribution in [0, 0.1) is 5.92 Å². The number of benzene rings is 1. The molecule has 0 spiro atoms. The molecule has 1 aliphatic rings. The number of amides is 1. The normalized spacial score (nSPS) is 17.9. The molecule has 2 rings (SSSR count). The van der Waals surface area contributed by atoms with Gasteiger partial charge in [0.1, 0.15) is 0 Å². The van der Waals surface area contributed by atoms with E-state index in [4.69, 9.17) is 11.6 Å². The van der Waals surface area contributed by atoms with Gasteiger partial charge in [0.2, 0.25) is 5.91 Å². The predicted molar refractivity (Wildman–Crippen MR) is 80.8 cm³/mol. The molecule has 1 aliphatic heterocycles. The fraction of sp³-hybridized carbons (Fsp3) is 0.500. The Kier molecular flexibility index (Phi) is 6.63. The lowest BCUT2D eigenvalue weighted by Gasteiger charge is -2.24. The summed E-state index contributed by atoms with van der Waals surface area (Å²) in [5, 5.41) is 3.96. The maximum atomic E-state index is 12.3. The molecule has 1 heterocycles. The zero-order valence-corrected chi connectivity index (χ0v) is 12.6. The minimum atomic E-state index is 0. The van der Waals surface area contributed by atoms with E-state index in [0.29, 0.717) is 6.54 Å². The maximum absolute atomic E-state index is 12.3. The van der Waals surface area contributed by atoms with Crippen LogP contribution in [0.2, 0.25) is 5.02 Å². The lowest BCUT2D eigenvalue weighted by atomic mass is 10.1. The highest BCUT2D eigenvalue weighted by molar-refractivity contribution is 6.31. The SMILES string of the molecule is CCN(Cc1ccccc1Cl)C(=O)C1CCNC1.Cl.